The summed E-state index contributed by atoms with van der Waals surface area (Å²) >= 11 is 2.65. The maximum atomic E-state index is 12.5. The van der Waals surface area contributed by atoms with Gasteiger partial charge >= 0.3 is 0 Å². The molecular weight excluding hydrogens is 637 g/mol. The second-order valence-electron chi connectivity index (χ2n) is 10.1. The highest BCUT2D eigenvalue weighted by atomic mass is 32.2. The van der Waals surface area contributed by atoms with E-state index in [0.717, 1.165) is 33.6 Å². The van der Waals surface area contributed by atoms with E-state index in [1.54, 1.807) is 48.5 Å². The van der Waals surface area contributed by atoms with E-state index in [1.165, 1.54) is 23.5 Å². The molecule has 47 heavy (non-hydrogen) atoms. The Morgan fingerprint density at radius 2 is 1.02 bits per heavy atom. The van der Waals surface area contributed by atoms with Crippen LogP contribution < -0.4 is 24.8 Å². The molecule has 0 unspecified atom stereocenters. The number of aromatic nitrogens is 4. The maximum absolute atomic E-state index is 12.5. The van der Waals surface area contributed by atoms with Crippen LogP contribution in [0.25, 0.3) is 22.1 Å². The smallest absolute Gasteiger partial charge is 0.234 e. The molecule has 2 amide bonds. The first kappa shape index (κ1) is 31.8. The zero-order valence-corrected chi connectivity index (χ0v) is 27.3. The van der Waals surface area contributed by atoms with Crippen molar-refractivity contribution in [2.45, 2.75) is 24.2 Å². The molecule has 13 heteroatoms. The maximum Gasteiger partial charge on any atom is 0.234 e. The number of hydrogen-bond acceptors (Lipinski definition) is 9. The normalized spacial score (nSPS) is 11.0. The molecule has 11 nitrogen and oxygen atoms in total. The van der Waals surface area contributed by atoms with E-state index in [9.17, 15) is 9.59 Å². The molecule has 0 radical (unpaired) electrons. The lowest BCUT2D eigenvalue weighted by Gasteiger charge is -2.09. The number of ether oxygens (including phenoxy) is 3. The van der Waals surface area contributed by atoms with Crippen LogP contribution in [-0.4, -0.2) is 56.5 Å². The van der Waals surface area contributed by atoms with E-state index in [1.807, 2.05) is 50.2 Å². The van der Waals surface area contributed by atoms with Crippen LogP contribution in [0.2, 0.25) is 0 Å². The molecule has 0 atom stereocenters. The van der Waals surface area contributed by atoms with E-state index >= 15 is 0 Å². The lowest BCUT2D eigenvalue weighted by molar-refractivity contribution is -0.114. The van der Waals surface area contributed by atoms with Gasteiger partial charge in [-0.1, -0.05) is 23.5 Å². The van der Waals surface area contributed by atoms with Gasteiger partial charge in [0.15, 0.2) is 10.3 Å². The van der Waals surface area contributed by atoms with Crippen molar-refractivity contribution >= 4 is 68.8 Å². The minimum absolute atomic E-state index is 0.149. The lowest BCUT2D eigenvalue weighted by atomic mass is 10.3. The molecule has 0 bridgehead atoms. The van der Waals surface area contributed by atoms with Crippen LogP contribution in [0.1, 0.15) is 13.8 Å². The number of aromatic amines is 2. The van der Waals surface area contributed by atoms with Crippen molar-refractivity contribution in [2.24, 2.45) is 0 Å². The van der Waals surface area contributed by atoms with Crippen LogP contribution in [0.15, 0.2) is 95.2 Å². The van der Waals surface area contributed by atoms with E-state index in [2.05, 4.69) is 30.6 Å². The molecule has 0 saturated heterocycles. The summed E-state index contributed by atoms with van der Waals surface area (Å²) in [4.78, 5) is 40.6. The Labute approximate surface area is 279 Å². The van der Waals surface area contributed by atoms with E-state index in [4.69, 9.17) is 14.2 Å². The predicted octanol–water partition coefficient (Wildman–Crippen LogP) is 7.49. The number of H-pyrrole nitrogens is 2. The number of nitrogens with one attached hydrogen (secondary N) is 4. The Bertz CT molecular complexity index is 1850. The van der Waals surface area contributed by atoms with Crippen molar-refractivity contribution in [1.29, 1.82) is 0 Å². The summed E-state index contributed by atoms with van der Waals surface area (Å²) < 4.78 is 17.0. The topological polar surface area (TPSA) is 143 Å². The van der Waals surface area contributed by atoms with Crippen LogP contribution in [0.3, 0.4) is 0 Å². The number of imidazole rings is 2. The standard InChI is InChI=1S/C34H32N6O5S2/c1-3-43-25-13-15-27-29(17-25)39-33(37-27)46-19-31(41)35-21-5-9-23(10-6-21)45-24-11-7-22(8-12-24)36-32(42)20-47-34-38-28-16-14-26(44-4-2)18-30(28)40-34/h5-18H,3-4,19-20H2,1-2H3,(H,35,41)(H,36,42)(H,37,39)(H,38,40). The highest BCUT2D eigenvalue weighted by Gasteiger charge is 2.11. The Hall–Kier alpha value is -5.14. The molecule has 2 heterocycles. The zero-order chi connectivity index (χ0) is 32.6. The summed E-state index contributed by atoms with van der Waals surface area (Å²) in [6.45, 7) is 5.05. The highest BCUT2D eigenvalue weighted by Crippen LogP contribution is 2.27. The first-order valence-corrected chi connectivity index (χ1v) is 16.9. The third kappa shape index (κ3) is 8.57. The van der Waals surface area contributed by atoms with E-state index < -0.39 is 0 Å². The van der Waals surface area contributed by atoms with Crippen LogP contribution in [0.5, 0.6) is 23.0 Å². The minimum Gasteiger partial charge on any atom is -0.494 e. The van der Waals surface area contributed by atoms with Crippen molar-refractivity contribution in [1.82, 2.24) is 19.9 Å². The lowest BCUT2D eigenvalue weighted by Crippen LogP contribution is -2.14. The molecule has 240 valence electrons. The van der Waals surface area contributed by atoms with Crippen LogP contribution in [-0.2, 0) is 9.59 Å². The number of carbonyl (C=O) groups is 2. The number of benzene rings is 4. The second-order valence-corrected chi connectivity index (χ2v) is 12.1. The summed E-state index contributed by atoms with van der Waals surface area (Å²) in [5.74, 6) is 2.87. The highest BCUT2D eigenvalue weighted by molar-refractivity contribution is 8.00. The van der Waals surface area contributed by atoms with Gasteiger partial charge < -0.3 is 34.8 Å². The largest absolute Gasteiger partial charge is 0.494 e. The third-order valence-electron chi connectivity index (χ3n) is 6.68. The summed E-state index contributed by atoms with van der Waals surface area (Å²) in [6.07, 6.45) is 0. The number of thioether (sulfide) groups is 2. The number of nitrogens with zero attached hydrogens (tertiary/aromatic N) is 2. The van der Waals surface area contributed by atoms with Gasteiger partial charge in [0.2, 0.25) is 11.8 Å². The number of fused-ring (bicyclic) bond motifs is 2. The third-order valence-corrected chi connectivity index (χ3v) is 8.42. The monoisotopic (exact) mass is 668 g/mol. The Morgan fingerprint density at radius 3 is 1.43 bits per heavy atom. The number of amides is 2. The van der Waals surface area contributed by atoms with Gasteiger partial charge in [-0.15, -0.1) is 0 Å². The van der Waals surface area contributed by atoms with Crippen molar-refractivity contribution in [2.75, 3.05) is 35.4 Å². The number of hydrogen-bond donors (Lipinski definition) is 4. The van der Waals surface area contributed by atoms with Crippen molar-refractivity contribution in [3.8, 4) is 23.0 Å². The average Bonchev–Trinajstić information content (AvgIpc) is 3.68. The molecule has 0 saturated carbocycles. The van der Waals surface area contributed by atoms with Gasteiger partial charge in [0.25, 0.3) is 0 Å². The minimum atomic E-state index is -0.149. The molecule has 2 aromatic heterocycles. The van der Waals surface area contributed by atoms with Crippen molar-refractivity contribution in [3.05, 3.63) is 84.9 Å². The summed E-state index contributed by atoms with van der Waals surface area (Å²) in [7, 11) is 0. The SMILES string of the molecule is CCOc1ccc2nc(SCC(=O)Nc3ccc(Oc4ccc(NC(=O)CSc5nc6ccc(OCC)cc6[nH]5)cc4)cc3)[nH]c2c1. The van der Waals surface area contributed by atoms with Gasteiger partial charge in [-0.2, -0.15) is 0 Å². The summed E-state index contributed by atoms with van der Waals surface area (Å²) in [5, 5.41) is 7.11. The first-order chi connectivity index (χ1) is 22.9. The molecule has 6 aromatic rings. The van der Waals surface area contributed by atoms with Crippen LogP contribution >= 0.6 is 23.5 Å². The van der Waals surface area contributed by atoms with Gasteiger partial charge in [0, 0.05) is 23.5 Å². The number of carbonyl (C=O) groups excluding carboxylic acids is 2. The van der Waals surface area contributed by atoms with Gasteiger partial charge in [0.1, 0.15) is 23.0 Å². The van der Waals surface area contributed by atoms with Gasteiger partial charge in [0.05, 0.1) is 46.8 Å². The predicted molar refractivity (Wildman–Crippen MR) is 186 cm³/mol. The van der Waals surface area contributed by atoms with Gasteiger partial charge in [-0.3, -0.25) is 9.59 Å². The Balaban J connectivity index is 0.937. The summed E-state index contributed by atoms with van der Waals surface area (Å²) in [5.41, 5.74) is 4.67. The Morgan fingerprint density at radius 1 is 0.617 bits per heavy atom. The summed E-state index contributed by atoms with van der Waals surface area (Å²) in [6, 6.07) is 25.6. The molecule has 0 spiro atoms. The number of rotatable bonds is 14. The fourth-order valence-electron chi connectivity index (χ4n) is 4.59. The van der Waals surface area contributed by atoms with Crippen molar-refractivity contribution < 1.29 is 23.8 Å². The molecular formula is C34H32N6O5S2. The molecule has 0 aliphatic rings. The zero-order valence-electron chi connectivity index (χ0n) is 25.7. The van der Waals surface area contributed by atoms with Crippen molar-refractivity contribution in [3.63, 3.8) is 0 Å². The fraction of sp³-hybridized carbons (Fsp3) is 0.176. The van der Waals surface area contributed by atoms with Gasteiger partial charge in [-0.05, 0) is 86.6 Å². The van der Waals surface area contributed by atoms with Crippen LogP contribution in [0, 0.1) is 0 Å². The van der Waals surface area contributed by atoms with E-state index in [0.29, 0.717) is 46.4 Å². The quantitative estimate of drug-likeness (QED) is 0.0868. The molecule has 0 fully saturated rings. The average molecular weight is 669 g/mol. The Kier molecular flexibility index (Phi) is 10.1. The number of anilines is 2. The van der Waals surface area contributed by atoms with Gasteiger partial charge in [-0.25, -0.2) is 9.97 Å². The fourth-order valence-corrected chi connectivity index (χ4v) is 5.96. The first-order valence-electron chi connectivity index (χ1n) is 14.9. The second kappa shape index (κ2) is 15.0. The molecule has 0 aliphatic carbocycles. The van der Waals surface area contributed by atoms with Crippen LogP contribution in [0.4, 0.5) is 11.4 Å². The van der Waals surface area contributed by atoms with E-state index in [-0.39, 0.29) is 23.3 Å². The molecule has 0 aliphatic heterocycles. The molecule has 4 N–H and O–H groups in total. The molecule has 6 rings (SSSR count). The molecule has 4 aromatic carbocycles.